The van der Waals surface area contributed by atoms with Crippen molar-refractivity contribution >= 4 is 40.3 Å². The van der Waals surface area contributed by atoms with Crippen molar-refractivity contribution in [2.75, 3.05) is 18.4 Å². The van der Waals surface area contributed by atoms with Gasteiger partial charge in [0.15, 0.2) is 5.17 Å². The van der Waals surface area contributed by atoms with Crippen LogP contribution in [-0.4, -0.2) is 52.2 Å². The summed E-state index contributed by atoms with van der Waals surface area (Å²) >= 11 is 1.39. The zero-order valence-electron chi connectivity index (χ0n) is 15.6. The van der Waals surface area contributed by atoms with E-state index >= 15 is 0 Å². The molecule has 148 valence electrons. The zero-order valence-corrected chi connectivity index (χ0v) is 16.5. The van der Waals surface area contributed by atoms with E-state index in [-0.39, 0.29) is 30.2 Å². The van der Waals surface area contributed by atoms with Gasteiger partial charge in [0.2, 0.25) is 5.91 Å². The van der Waals surface area contributed by atoms with Crippen molar-refractivity contribution < 1.29 is 14.4 Å². The number of likely N-dealkylation sites (tertiary alicyclic amines) is 1. The lowest BCUT2D eigenvalue weighted by molar-refractivity contribution is -0.121. The van der Waals surface area contributed by atoms with Crippen molar-refractivity contribution in [1.29, 1.82) is 0 Å². The molecule has 3 amide bonds. The van der Waals surface area contributed by atoms with Gasteiger partial charge >= 0.3 is 0 Å². The second-order valence-corrected chi connectivity index (χ2v) is 8.64. The molecule has 1 aromatic carbocycles. The molecule has 1 saturated carbocycles. The Morgan fingerprint density at radius 1 is 1.18 bits per heavy atom. The van der Waals surface area contributed by atoms with Gasteiger partial charge in [0.25, 0.3) is 11.8 Å². The van der Waals surface area contributed by atoms with Gasteiger partial charge < -0.3 is 15.5 Å². The molecule has 4 rings (SSSR count). The molecule has 0 aromatic heterocycles. The third-order valence-electron chi connectivity index (χ3n) is 5.05. The van der Waals surface area contributed by atoms with Gasteiger partial charge in [-0.25, -0.2) is 0 Å². The van der Waals surface area contributed by atoms with Crippen LogP contribution >= 0.6 is 11.8 Å². The molecule has 1 unspecified atom stereocenters. The summed E-state index contributed by atoms with van der Waals surface area (Å²) in [5.41, 5.74) is 1.08. The third-order valence-corrected chi connectivity index (χ3v) is 6.26. The fourth-order valence-corrected chi connectivity index (χ4v) is 4.46. The van der Waals surface area contributed by atoms with E-state index in [9.17, 15) is 14.4 Å². The summed E-state index contributed by atoms with van der Waals surface area (Å²) in [6, 6.07) is 7.15. The van der Waals surface area contributed by atoms with E-state index in [0.29, 0.717) is 11.3 Å². The average molecular weight is 401 g/mol. The van der Waals surface area contributed by atoms with E-state index in [2.05, 4.69) is 20.5 Å². The van der Waals surface area contributed by atoms with Crippen LogP contribution in [-0.2, 0) is 9.59 Å². The average Bonchev–Trinajstić information content (AvgIpc) is 3.44. The molecule has 1 saturated heterocycles. The third kappa shape index (κ3) is 4.73. The Bertz CT molecular complexity index is 815. The summed E-state index contributed by atoms with van der Waals surface area (Å²) in [7, 11) is 0. The van der Waals surface area contributed by atoms with E-state index in [1.54, 1.807) is 24.3 Å². The van der Waals surface area contributed by atoms with E-state index in [1.807, 2.05) is 0 Å². The number of piperidine rings is 1. The van der Waals surface area contributed by atoms with Crippen LogP contribution < -0.4 is 10.6 Å². The van der Waals surface area contributed by atoms with Gasteiger partial charge in [0.1, 0.15) is 5.25 Å². The molecule has 1 aliphatic carbocycles. The first-order valence-electron chi connectivity index (χ1n) is 9.83. The molecule has 28 heavy (non-hydrogen) atoms. The van der Waals surface area contributed by atoms with Gasteiger partial charge in [-0.15, -0.1) is 0 Å². The highest BCUT2D eigenvalue weighted by molar-refractivity contribution is 8.15. The van der Waals surface area contributed by atoms with Crippen molar-refractivity contribution in [2.24, 2.45) is 4.99 Å². The Balaban J connectivity index is 1.31. The summed E-state index contributed by atoms with van der Waals surface area (Å²) in [6.07, 6.45) is 5.56. The highest BCUT2D eigenvalue weighted by Crippen LogP contribution is 2.29. The smallest absolute Gasteiger partial charge is 0.262 e. The Labute approximate surface area is 168 Å². The molecule has 7 nitrogen and oxygen atoms in total. The molecule has 3 aliphatic rings. The summed E-state index contributed by atoms with van der Waals surface area (Å²) < 4.78 is 0. The van der Waals surface area contributed by atoms with Gasteiger partial charge in [-0.2, -0.15) is 4.99 Å². The standard InChI is InChI=1S/C20H24N4O3S/c25-17(12-16-19(27)23-20(28-16)24-9-2-1-3-10-24)21-15-6-4-5-13(11-15)18(26)22-14-7-8-14/h4-6,11,14,16H,1-3,7-10,12H2,(H,21,25)(H,22,26). The fraction of sp³-hybridized carbons (Fsp3) is 0.500. The van der Waals surface area contributed by atoms with Gasteiger partial charge in [0, 0.05) is 36.8 Å². The van der Waals surface area contributed by atoms with Crippen molar-refractivity contribution in [1.82, 2.24) is 10.2 Å². The number of hydrogen-bond acceptors (Lipinski definition) is 5. The molecule has 8 heteroatoms. The number of anilines is 1. The molecular formula is C20H24N4O3S. The summed E-state index contributed by atoms with van der Waals surface area (Å²) in [4.78, 5) is 43.1. The number of carbonyl (C=O) groups excluding carboxylic acids is 3. The summed E-state index contributed by atoms with van der Waals surface area (Å²) in [5, 5.41) is 6.01. The lowest BCUT2D eigenvalue weighted by Gasteiger charge is -2.27. The number of hydrogen-bond donors (Lipinski definition) is 2. The zero-order chi connectivity index (χ0) is 19.5. The molecular weight excluding hydrogens is 376 g/mol. The summed E-state index contributed by atoms with van der Waals surface area (Å²) in [6.45, 7) is 1.85. The van der Waals surface area contributed by atoms with E-state index < -0.39 is 5.25 Å². The maximum absolute atomic E-state index is 12.4. The highest BCUT2D eigenvalue weighted by Gasteiger charge is 2.33. The van der Waals surface area contributed by atoms with Gasteiger partial charge in [-0.05, 0) is 50.3 Å². The highest BCUT2D eigenvalue weighted by atomic mass is 32.2. The molecule has 0 radical (unpaired) electrons. The number of nitrogens with one attached hydrogen (secondary N) is 2. The minimum atomic E-state index is -0.474. The van der Waals surface area contributed by atoms with E-state index in [0.717, 1.165) is 43.9 Å². The lowest BCUT2D eigenvalue weighted by Crippen LogP contribution is -2.33. The van der Waals surface area contributed by atoms with Crippen LogP contribution in [0.15, 0.2) is 29.3 Å². The Morgan fingerprint density at radius 2 is 1.96 bits per heavy atom. The van der Waals surface area contributed by atoms with Gasteiger partial charge in [-0.1, -0.05) is 17.8 Å². The van der Waals surface area contributed by atoms with Crippen molar-refractivity contribution in [3.05, 3.63) is 29.8 Å². The molecule has 0 bridgehead atoms. The van der Waals surface area contributed by atoms with Crippen LogP contribution in [0.4, 0.5) is 5.69 Å². The number of aliphatic imine (C=N–C) groups is 1. The van der Waals surface area contributed by atoms with Crippen LogP contribution in [0.3, 0.4) is 0 Å². The number of carbonyl (C=O) groups is 3. The second kappa shape index (κ2) is 8.34. The number of nitrogens with zero attached hydrogens (tertiary/aromatic N) is 2. The topological polar surface area (TPSA) is 90.9 Å². The molecule has 1 atom stereocenters. The Kier molecular flexibility index (Phi) is 5.66. The van der Waals surface area contributed by atoms with Crippen LogP contribution in [0, 0.1) is 0 Å². The predicted molar refractivity (Wildman–Crippen MR) is 109 cm³/mol. The van der Waals surface area contributed by atoms with Gasteiger partial charge in [-0.3, -0.25) is 14.4 Å². The van der Waals surface area contributed by atoms with Crippen molar-refractivity contribution in [3.63, 3.8) is 0 Å². The molecule has 2 heterocycles. The summed E-state index contributed by atoms with van der Waals surface area (Å²) in [5.74, 6) is -0.612. The monoisotopic (exact) mass is 400 g/mol. The normalized spacial score (nSPS) is 22.0. The first kappa shape index (κ1) is 19.0. The van der Waals surface area contributed by atoms with Gasteiger partial charge in [0.05, 0.1) is 0 Å². The first-order chi connectivity index (χ1) is 13.6. The quantitative estimate of drug-likeness (QED) is 0.792. The molecule has 2 N–H and O–H groups in total. The molecule has 1 aromatic rings. The van der Waals surface area contributed by atoms with E-state index in [1.165, 1.54) is 18.2 Å². The van der Waals surface area contributed by atoms with Crippen LogP contribution in [0.5, 0.6) is 0 Å². The Hall–Kier alpha value is -2.35. The number of thioether (sulfide) groups is 1. The van der Waals surface area contributed by atoms with E-state index in [4.69, 9.17) is 0 Å². The van der Waals surface area contributed by atoms with Crippen LogP contribution in [0.2, 0.25) is 0 Å². The minimum Gasteiger partial charge on any atom is -0.351 e. The molecule has 0 spiro atoms. The largest absolute Gasteiger partial charge is 0.351 e. The maximum Gasteiger partial charge on any atom is 0.262 e. The molecule has 2 fully saturated rings. The predicted octanol–water partition coefficient (Wildman–Crippen LogP) is 2.39. The fourth-order valence-electron chi connectivity index (χ4n) is 3.34. The number of benzene rings is 1. The van der Waals surface area contributed by atoms with Crippen molar-refractivity contribution in [2.45, 2.75) is 49.8 Å². The first-order valence-corrected chi connectivity index (χ1v) is 10.7. The second-order valence-electron chi connectivity index (χ2n) is 7.47. The SMILES string of the molecule is O=C(CC1SC(N2CCCCC2)=NC1=O)Nc1cccc(C(=O)NC2CC2)c1. The van der Waals surface area contributed by atoms with Crippen molar-refractivity contribution in [3.8, 4) is 0 Å². The van der Waals surface area contributed by atoms with Crippen LogP contribution in [0.25, 0.3) is 0 Å². The minimum absolute atomic E-state index is 0.0723. The lowest BCUT2D eigenvalue weighted by atomic mass is 10.1. The Morgan fingerprint density at radius 3 is 2.71 bits per heavy atom. The number of amides is 3. The maximum atomic E-state index is 12.4. The molecule has 2 aliphatic heterocycles. The number of amidine groups is 1. The van der Waals surface area contributed by atoms with Crippen LogP contribution in [0.1, 0.15) is 48.9 Å². The number of rotatable bonds is 5.